The summed E-state index contributed by atoms with van der Waals surface area (Å²) in [6.07, 6.45) is 3.13. The standard InChI is InChI=1S/C27H20FN3O4/c1-33-25-13-21-23(14-26(25)34-2)29-9-8-24(21)35-20-6-7-22-16(11-20)10-17(15-30-22)27(32)31-19-5-3-4-18(28)12-19/h3-15H,1-2H3,(H,31,32). The number of anilines is 1. The molecular weight excluding hydrogens is 449 g/mol. The quantitative estimate of drug-likeness (QED) is 0.329. The van der Waals surface area contributed by atoms with Gasteiger partial charge >= 0.3 is 0 Å². The lowest BCUT2D eigenvalue weighted by molar-refractivity contribution is 0.102. The first kappa shape index (κ1) is 22.1. The SMILES string of the molecule is COc1cc2nccc(Oc3ccc4ncc(C(=O)Nc5cccc(F)c5)cc4c3)c2cc1OC. The van der Waals surface area contributed by atoms with E-state index in [1.807, 2.05) is 12.1 Å². The number of nitrogens with one attached hydrogen (secondary N) is 1. The van der Waals surface area contributed by atoms with Crippen molar-refractivity contribution in [3.8, 4) is 23.0 Å². The summed E-state index contributed by atoms with van der Waals surface area (Å²) in [5, 5.41) is 4.15. The van der Waals surface area contributed by atoms with Crippen LogP contribution in [0, 0.1) is 5.82 Å². The predicted octanol–water partition coefficient (Wildman–Crippen LogP) is 5.98. The number of methoxy groups -OCH3 is 2. The minimum atomic E-state index is -0.430. The summed E-state index contributed by atoms with van der Waals surface area (Å²) in [5.74, 6) is 1.46. The van der Waals surface area contributed by atoms with Crippen molar-refractivity contribution >= 4 is 33.4 Å². The number of carbonyl (C=O) groups is 1. The second kappa shape index (κ2) is 9.26. The number of aromatic nitrogens is 2. The van der Waals surface area contributed by atoms with Crippen LogP contribution in [0.5, 0.6) is 23.0 Å². The minimum Gasteiger partial charge on any atom is -0.493 e. The number of hydrogen-bond donors (Lipinski definition) is 1. The van der Waals surface area contributed by atoms with Crippen molar-refractivity contribution in [2.45, 2.75) is 0 Å². The number of rotatable bonds is 6. The lowest BCUT2D eigenvalue weighted by Gasteiger charge is -2.13. The van der Waals surface area contributed by atoms with E-state index in [-0.39, 0.29) is 0 Å². The van der Waals surface area contributed by atoms with Crippen molar-refractivity contribution < 1.29 is 23.4 Å². The molecule has 2 aromatic heterocycles. The molecule has 5 aromatic rings. The summed E-state index contributed by atoms with van der Waals surface area (Å²) in [4.78, 5) is 21.4. The van der Waals surface area contributed by atoms with Crippen molar-refractivity contribution in [3.63, 3.8) is 0 Å². The second-order valence-corrected chi connectivity index (χ2v) is 7.68. The van der Waals surface area contributed by atoms with E-state index < -0.39 is 11.7 Å². The molecule has 0 radical (unpaired) electrons. The molecule has 0 fully saturated rings. The van der Waals surface area contributed by atoms with Crippen LogP contribution in [-0.4, -0.2) is 30.1 Å². The fourth-order valence-corrected chi connectivity index (χ4v) is 3.73. The summed E-state index contributed by atoms with van der Waals surface area (Å²) in [6.45, 7) is 0. The lowest BCUT2D eigenvalue weighted by atomic mass is 10.1. The number of pyridine rings is 2. The maximum absolute atomic E-state index is 13.4. The Balaban J connectivity index is 1.45. The monoisotopic (exact) mass is 469 g/mol. The Morgan fingerprint density at radius 1 is 0.857 bits per heavy atom. The Labute approximate surface area is 200 Å². The largest absolute Gasteiger partial charge is 0.493 e. The number of hydrogen-bond acceptors (Lipinski definition) is 6. The first-order valence-corrected chi connectivity index (χ1v) is 10.7. The lowest BCUT2D eigenvalue weighted by Crippen LogP contribution is -2.12. The first-order valence-electron chi connectivity index (χ1n) is 10.7. The molecule has 35 heavy (non-hydrogen) atoms. The molecule has 174 valence electrons. The van der Waals surface area contributed by atoms with Gasteiger partial charge in [-0.2, -0.15) is 0 Å². The molecule has 0 saturated heterocycles. The van der Waals surface area contributed by atoms with Crippen LogP contribution < -0.4 is 19.5 Å². The van der Waals surface area contributed by atoms with Gasteiger partial charge in [-0.25, -0.2) is 4.39 Å². The van der Waals surface area contributed by atoms with Gasteiger partial charge < -0.3 is 19.5 Å². The van der Waals surface area contributed by atoms with Crippen molar-refractivity contribution in [2.24, 2.45) is 0 Å². The highest BCUT2D eigenvalue weighted by molar-refractivity contribution is 6.05. The number of carbonyl (C=O) groups excluding carboxylic acids is 1. The highest BCUT2D eigenvalue weighted by Crippen LogP contribution is 2.37. The number of nitrogens with zero attached hydrogens (tertiary/aromatic N) is 2. The van der Waals surface area contributed by atoms with Crippen LogP contribution in [0.3, 0.4) is 0 Å². The highest BCUT2D eigenvalue weighted by Gasteiger charge is 2.13. The fourth-order valence-electron chi connectivity index (χ4n) is 3.73. The van der Waals surface area contributed by atoms with Gasteiger partial charge in [0.1, 0.15) is 17.3 Å². The van der Waals surface area contributed by atoms with Gasteiger partial charge in [-0.15, -0.1) is 0 Å². The average molecular weight is 469 g/mol. The molecule has 3 aromatic carbocycles. The molecule has 5 rings (SSSR count). The van der Waals surface area contributed by atoms with Crippen LogP contribution in [0.2, 0.25) is 0 Å². The summed E-state index contributed by atoms with van der Waals surface area (Å²) in [7, 11) is 3.14. The van der Waals surface area contributed by atoms with E-state index in [4.69, 9.17) is 14.2 Å². The van der Waals surface area contributed by atoms with Gasteiger partial charge in [0.25, 0.3) is 5.91 Å². The molecule has 0 aliphatic rings. The summed E-state index contributed by atoms with van der Waals surface area (Å²) >= 11 is 0. The molecule has 0 aliphatic carbocycles. The van der Waals surface area contributed by atoms with Gasteiger partial charge in [0.05, 0.1) is 30.8 Å². The maximum Gasteiger partial charge on any atom is 0.257 e. The first-order chi connectivity index (χ1) is 17.0. The van der Waals surface area contributed by atoms with Crippen molar-refractivity contribution in [1.29, 1.82) is 0 Å². The Morgan fingerprint density at radius 3 is 2.49 bits per heavy atom. The number of ether oxygens (including phenoxy) is 3. The van der Waals surface area contributed by atoms with Gasteiger partial charge in [0.2, 0.25) is 0 Å². The third kappa shape index (κ3) is 4.54. The topological polar surface area (TPSA) is 82.6 Å². The molecule has 0 saturated carbocycles. The van der Waals surface area contributed by atoms with Crippen LogP contribution in [0.1, 0.15) is 10.4 Å². The fraction of sp³-hybridized carbons (Fsp3) is 0.0741. The van der Waals surface area contributed by atoms with E-state index in [1.54, 1.807) is 56.8 Å². The van der Waals surface area contributed by atoms with Gasteiger partial charge in [0, 0.05) is 34.9 Å². The maximum atomic E-state index is 13.4. The number of benzene rings is 3. The molecule has 0 bridgehead atoms. The molecule has 0 spiro atoms. The average Bonchev–Trinajstić information content (AvgIpc) is 2.87. The van der Waals surface area contributed by atoms with Crippen molar-refractivity contribution in [3.05, 3.63) is 90.5 Å². The Bertz CT molecular complexity index is 1570. The van der Waals surface area contributed by atoms with E-state index in [0.29, 0.717) is 50.7 Å². The Morgan fingerprint density at radius 2 is 1.69 bits per heavy atom. The van der Waals surface area contributed by atoms with Gasteiger partial charge in [-0.3, -0.25) is 14.8 Å². The van der Waals surface area contributed by atoms with Crippen LogP contribution in [0.25, 0.3) is 21.8 Å². The molecule has 8 heteroatoms. The van der Waals surface area contributed by atoms with Gasteiger partial charge in [-0.05, 0) is 54.6 Å². The molecule has 1 amide bonds. The zero-order valence-electron chi connectivity index (χ0n) is 18.9. The van der Waals surface area contributed by atoms with E-state index in [0.717, 1.165) is 5.39 Å². The van der Waals surface area contributed by atoms with E-state index in [1.165, 1.54) is 24.4 Å². The Kier molecular flexibility index (Phi) is 5.85. The zero-order valence-corrected chi connectivity index (χ0v) is 18.9. The van der Waals surface area contributed by atoms with Crippen LogP contribution in [0.4, 0.5) is 10.1 Å². The molecule has 0 unspecified atom stereocenters. The summed E-state index contributed by atoms with van der Waals surface area (Å²) < 4.78 is 30.4. The zero-order chi connectivity index (χ0) is 24.4. The van der Waals surface area contributed by atoms with Crippen LogP contribution >= 0.6 is 0 Å². The number of amides is 1. The van der Waals surface area contributed by atoms with Crippen molar-refractivity contribution in [1.82, 2.24) is 9.97 Å². The molecule has 0 aliphatic heterocycles. The third-order valence-corrected chi connectivity index (χ3v) is 5.43. The van der Waals surface area contributed by atoms with E-state index in [2.05, 4.69) is 15.3 Å². The normalized spacial score (nSPS) is 10.8. The molecule has 2 heterocycles. The van der Waals surface area contributed by atoms with Crippen LogP contribution in [-0.2, 0) is 0 Å². The van der Waals surface area contributed by atoms with E-state index in [9.17, 15) is 9.18 Å². The summed E-state index contributed by atoms with van der Waals surface area (Å²) in [5.41, 5.74) is 2.10. The van der Waals surface area contributed by atoms with E-state index >= 15 is 0 Å². The molecular formula is C27H20FN3O4. The third-order valence-electron chi connectivity index (χ3n) is 5.43. The summed E-state index contributed by atoms with van der Waals surface area (Å²) in [6, 6.07) is 18.2. The smallest absolute Gasteiger partial charge is 0.257 e. The van der Waals surface area contributed by atoms with Crippen molar-refractivity contribution in [2.75, 3.05) is 19.5 Å². The van der Waals surface area contributed by atoms with Gasteiger partial charge in [0.15, 0.2) is 11.5 Å². The molecule has 0 atom stereocenters. The Hall–Kier alpha value is -4.72. The predicted molar refractivity (Wildman–Crippen MR) is 131 cm³/mol. The number of halogens is 1. The van der Waals surface area contributed by atoms with Gasteiger partial charge in [-0.1, -0.05) is 6.07 Å². The molecule has 1 N–H and O–H groups in total. The van der Waals surface area contributed by atoms with Crippen LogP contribution in [0.15, 0.2) is 79.1 Å². The number of fused-ring (bicyclic) bond motifs is 2. The minimum absolute atomic E-state index is 0.338. The molecule has 7 nitrogen and oxygen atoms in total. The second-order valence-electron chi connectivity index (χ2n) is 7.68. The highest BCUT2D eigenvalue weighted by atomic mass is 19.1.